The SMILES string of the molecule is COC(=O)CC[C@@H](C)[C@H]1CC[C@H]2[C@@H]3C(=O)C[C@@H]4C[C@@H](O)CC[C@]4(C)[C@H]3C[C@H](O)[C@]12C. The van der Waals surface area contributed by atoms with Crippen molar-refractivity contribution >= 4 is 11.8 Å². The Balaban J connectivity index is 1.59. The quantitative estimate of drug-likeness (QED) is 0.677. The number of ketones is 1. The normalized spacial score (nSPS) is 49.0. The number of esters is 1. The molecule has 0 unspecified atom stereocenters. The van der Waals surface area contributed by atoms with E-state index in [0.29, 0.717) is 36.9 Å². The molecule has 0 aliphatic heterocycles. The van der Waals surface area contributed by atoms with Gasteiger partial charge in [0.2, 0.25) is 0 Å². The molecule has 5 heteroatoms. The van der Waals surface area contributed by atoms with Crippen LogP contribution in [0.5, 0.6) is 0 Å². The lowest BCUT2D eigenvalue weighted by Crippen LogP contribution is -2.61. The minimum atomic E-state index is -0.410. The molecular weight excluding hydrogens is 380 g/mol. The Labute approximate surface area is 180 Å². The van der Waals surface area contributed by atoms with Crippen LogP contribution in [0.4, 0.5) is 0 Å². The zero-order valence-corrected chi connectivity index (χ0v) is 19.1. The molecule has 0 aromatic heterocycles. The van der Waals surface area contributed by atoms with Gasteiger partial charge in [-0.15, -0.1) is 0 Å². The summed E-state index contributed by atoms with van der Waals surface area (Å²) in [6.07, 6.45) is 6.32. The molecule has 4 fully saturated rings. The number of aliphatic hydroxyl groups excluding tert-OH is 2. The number of carbonyl (C=O) groups is 2. The van der Waals surface area contributed by atoms with Gasteiger partial charge in [0, 0.05) is 24.2 Å². The lowest BCUT2D eigenvalue weighted by Gasteiger charge is -2.61. The highest BCUT2D eigenvalue weighted by molar-refractivity contribution is 5.83. The average Bonchev–Trinajstić information content (AvgIpc) is 3.06. The standard InChI is InChI=1S/C25H40O5/c1-14(5-8-22(29)30-4)17-6-7-18-23-19(13-21(28)25(17,18)3)24(2)10-9-16(26)11-15(24)12-20(23)27/h14-19,21,23,26,28H,5-13H2,1-4H3/t14-,15+,16+,17-,18+,19+,21+,23+,24+,25-/m1/s1. The molecule has 0 bridgehead atoms. The van der Waals surface area contributed by atoms with Gasteiger partial charge in [0.1, 0.15) is 5.78 Å². The summed E-state index contributed by atoms with van der Waals surface area (Å²) in [5.41, 5.74) is -0.210. The molecule has 4 saturated carbocycles. The molecule has 30 heavy (non-hydrogen) atoms. The van der Waals surface area contributed by atoms with Crippen LogP contribution in [0.1, 0.15) is 78.6 Å². The van der Waals surface area contributed by atoms with Crippen molar-refractivity contribution in [3.8, 4) is 0 Å². The zero-order chi connectivity index (χ0) is 21.8. The van der Waals surface area contributed by atoms with Crippen LogP contribution >= 0.6 is 0 Å². The van der Waals surface area contributed by atoms with Gasteiger partial charge in [0.05, 0.1) is 19.3 Å². The van der Waals surface area contributed by atoms with E-state index in [0.717, 1.165) is 38.5 Å². The van der Waals surface area contributed by atoms with Gasteiger partial charge < -0.3 is 14.9 Å². The fourth-order valence-corrected chi connectivity index (χ4v) is 8.49. The Hall–Kier alpha value is -0.940. The Morgan fingerprint density at radius 1 is 1.17 bits per heavy atom. The van der Waals surface area contributed by atoms with Crippen molar-refractivity contribution < 1.29 is 24.5 Å². The number of hydrogen-bond acceptors (Lipinski definition) is 5. The molecular formula is C25H40O5. The Kier molecular flexibility index (Phi) is 5.85. The second kappa shape index (κ2) is 7.88. The molecule has 0 aromatic rings. The van der Waals surface area contributed by atoms with E-state index in [1.807, 2.05) is 0 Å². The molecule has 10 atom stereocenters. The summed E-state index contributed by atoms with van der Waals surface area (Å²) < 4.78 is 4.82. The maximum atomic E-state index is 13.4. The number of aliphatic hydroxyl groups is 2. The fourth-order valence-electron chi connectivity index (χ4n) is 8.49. The predicted octanol–water partition coefficient (Wildman–Crippen LogP) is 3.75. The van der Waals surface area contributed by atoms with Crippen molar-refractivity contribution in [1.29, 1.82) is 0 Å². The molecule has 0 aromatic carbocycles. The number of ether oxygens (including phenoxy) is 1. The Bertz CT molecular complexity index is 691. The number of rotatable bonds is 4. The smallest absolute Gasteiger partial charge is 0.305 e. The highest BCUT2D eigenvalue weighted by Gasteiger charge is 2.65. The number of carbonyl (C=O) groups excluding carboxylic acids is 2. The van der Waals surface area contributed by atoms with Gasteiger partial charge in [-0.2, -0.15) is 0 Å². The molecule has 4 aliphatic rings. The molecule has 0 heterocycles. The van der Waals surface area contributed by atoms with E-state index in [-0.39, 0.29) is 46.6 Å². The fraction of sp³-hybridized carbons (Fsp3) is 0.920. The molecule has 5 nitrogen and oxygen atoms in total. The summed E-state index contributed by atoms with van der Waals surface area (Å²) in [6.45, 7) is 6.74. The van der Waals surface area contributed by atoms with Crippen molar-refractivity contribution in [2.45, 2.75) is 90.8 Å². The molecule has 4 rings (SSSR count). The number of hydrogen-bond donors (Lipinski definition) is 2. The van der Waals surface area contributed by atoms with Crippen molar-refractivity contribution in [2.75, 3.05) is 7.11 Å². The largest absolute Gasteiger partial charge is 0.469 e. The van der Waals surface area contributed by atoms with E-state index in [4.69, 9.17) is 4.74 Å². The summed E-state index contributed by atoms with van der Waals surface area (Å²) in [5.74, 6) is 1.61. The first kappa shape index (κ1) is 22.3. The maximum Gasteiger partial charge on any atom is 0.305 e. The highest BCUT2D eigenvalue weighted by Crippen LogP contribution is 2.67. The van der Waals surface area contributed by atoms with Crippen LogP contribution in [0.25, 0.3) is 0 Å². The van der Waals surface area contributed by atoms with E-state index in [1.165, 1.54) is 7.11 Å². The Morgan fingerprint density at radius 3 is 2.60 bits per heavy atom. The highest BCUT2D eigenvalue weighted by atomic mass is 16.5. The van der Waals surface area contributed by atoms with Gasteiger partial charge in [-0.3, -0.25) is 9.59 Å². The van der Waals surface area contributed by atoms with Gasteiger partial charge in [-0.25, -0.2) is 0 Å². The number of fused-ring (bicyclic) bond motifs is 5. The van der Waals surface area contributed by atoms with Gasteiger partial charge in [-0.05, 0) is 80.0 Å². The number of methoxy groups -OCH3 is 1. The van der Waals surface area contributed by atoms with Gasteiger partial charge in [0.25, 0.3) is 0 Å². The maximum absolute atomic E-state index is 13.4. The van der Waals surface area contributed by atoms with Crippen LogP contribution in [-0.2, 0) is 14.3 Å². The summed E-state index contributed by atoms with van der Waals surface area (Å²) in [5, 5.41) is 21.7. The van der Waals surface area contributed by atoms with Gasteiger partial charge in [0.15, 0.2) is 0 Å². The van der Waals surface area contributed by atoms with Crippen LogP contribution in [0, 0.1) is 46.3 Å². The monoisotopic (exact) mass is 420 g/mol. The molecule has 0 radical (unpaired) electrons. The third-order valence-electron chi connectivity index (χ3n) is 10.3. The van der Waals surface area contributed by atoms with Crippen LogP contribution < -0.4 is 0 Å². The van der Waals surface area contributed by atoms with E-state index in [9.17, 15) is 19.8 Å². The molecule has 2 N–H and O–H groups in total. The lowest BCUT2D eigenvalue weighted by atomic mass is 9.43. The third-order valence-corrected chi connectivity index (χ3v) is 10.3. The number of Topliss-reactive ketones (excluding diaryl/α,β-unsaturated/α-hetero) is 1. The van der Waals surface area contributed by atoms with Crippen LogP contribution in [0.15, 0.2) is 0 Å². The third kappa shape index (κ3) is 3.26. The molecule has 4 aliphatic carbocycles. The summed E-state index contributed by atoms with van der Waals surface area (Å²) in [7, 11) is 1.43. The summed E-state index contributed by atoms with van der Waals surface area (Å²) >= 11 is 0. The van der Waals surface area contributed by atoms with Crippen molar-refractivity contribution in [3.63, 3.8) is 0 Å². The van der Waals surface area contributed by atoms with E-state index in [2.05, 4.69) is 20.8 Å². The molecule has 0 amide bonds. The van der Waals surface area contributed by atoms with Gasteiger partial charge >= 0.3 is 5.97 Å². The van der Waals surface area contributed by atoms with Crippen molar-refractivity contribution in [2.24, 2.45) is 46.3 Å². The van der Waals surface area contributed by atoms with Crippen molar-refractivity contribution in [3.05, 3.63) is 0 Å². The minimum Gasteiger partial charge on any atom is -0.469 e. The van der Waals surface area contributed by atoms with E-state index < -0.39 is 6.10 Å². The van der Waals surface area contributed by atoms with E-state index >= 15 is 0 Å². The van der Waals surface area contributed by atoms with Gasteiger partial charge in [-0.1, -0.05) is 20.8 Å². The topological polar surface area (TPSA) is 83.8 Å². The molecule has 0 saturated heterocycles. The zero-order valence-electron chi connectivity index (χ0n) is 19.1. The summed E-state index contributed by atoms with van der Waals surface area (Å²) in [6, 6.07) is 0. The molecule has 0 spiro atoms. The second-order valence-corrected chi connectivity index (χ2v) is 11.4. The second-order valence-electron chi connectivity index (χ2n) is 11.4. The van der Waals surface area contributed by atoms with Crippen LogP contribution in [-0.4, -0.2) is 41.3 Å². The first-order chi connectivity index (χ1) is 14.1. The van der Waals surface area contributed by atoms with Crippen molar-refractivity contribution in [1.82, 2.24) is 0 Å². The Morgan fingerprint density at radius 2 is 1.90 bits per heavy atom. The predicted molar refractivity (Wildman–Crippen MR) is 113 cm³/mol. The average molecular weight is 421 g/mol. The first-order valence-electron chi connectivity index (χ1n) is 12.1. The lowest BCUT2D eigenvalue weighted by molar-refractivity contribution is -0.182. The first-order valence-corrected chi connectivity index (χ1v) is 12.1. The minimum absolute atomic E-state index is 0.0488. The molecule has 170 valence electrons. The summed E-state index contributed by atoms with van der Waals surface area (Å²) in [4.78, 5) is 25.1. The van der Waals surface area contributed by atoms with Crippen LogP contribution in [0.3, 0.4) is 0 Å². The van der Waals surface area contributed by atoms with E-state index in [1.54, 1.807) is 0 Å². The van der Waals surface area contributed by atoms with Crippen LogP contribution in [0.2, 0.25) is 0 Å².